The zero-order chi connectivity index (χ0) is 22.4. The summed E-state index contributed by atoms with van der Waals surface area (Å²) in [5.41, 5.74) is 1.57. The van der Waals surface area contributed by atoms with Gasteiger partial charge in [-0.1, -0.05) is 29.8 Å². The molecule has 2 aromatic rings. The van der Waals surface area contributed by atoms with E-state index >= 15 is 0 Å². The molecule has 0 aliphatic carbocycles. The van der Waals surface area contributed by atoms with Crippen LogP contribution in [0.25, 0.3) is 5.57 Å². The molecule has 0 radical (unpaired) electrons. The van der Waals surface area contributed by atoms with E-state index in [2.05, 4.69) is 0 Å². The van der Waals surface area contributed by atoms with Crippen LogP contribution in [0.2, 0.25) is 5.02 Å². The summed E-state index contributed by atoms with van der Waals surface area (Å²) in [6.07, 6.45) is 0. The summed E-state index contributed by atoms with van der Waals surface area (Å²) >= 11 is 6.00. The fourth-order valence-electron chi connectivity index (χ4n) is 3.47. The molecule has 0 unspecified atom stereocenters. The van der Waals surface area contributed by atoms with Gasteiger partial charge < -0.3 is 19.1 Å². The average Bonchev–Trinajstić information content (AvgIpc) is 3.04. The van der Waals surface area contributed by atoms with E-state index in [0.717, 1.165) is 0 Å². The summed E-state index contributed by atoms with van der Waals surface area (Å²) in [7, 11) is 4.71. The van der Waals surface area contributed by atoms with Crippen molar-refractivity contribution >= 4 is 34.7 Å². The Hall–Kier alpha value is -2.87. The van der Waals surface area contributed by atoms with Crippen molar-refractivity contribution in [2.75, 3.05) is 52.5 Å². The first-order valence-corrected chi connectivity index (χ1v) is 10.2. The van der Waals surface area contributed by atoms with Crippen molar-refractivity contribution in [1.82, 2.24) is 4.90 Å². The van der Waals surface area contributed by atoms with Gasteiger partial charge in [0.15, 0.2) is 0 Å². The van der Waals surface area contributed by atoms with Crippen molar-refractivity contribution in [3.8, 4) is 5.75 Å². The Morgan fingerprint density at radius 2 is 1.48 bits per heavy atom. The highest BCUT2D eigenvalue weighted by molar-refractivity contribution is 6.45. The molecule has 8 heteroatoms. The molecule has 31 heavy (non-hydrogen) atoms. The molecule has 0 spiro atoms. The molecule has 7 nitrogen and oxygen atoms in total. The van der Waals surface area contributed by atoms with Gasteiger partial charge in [0.05, 0.1) is 31.6 Å². The standard InChI is InChI=1S/C23H25ClN2O5/c1-29-14-12-25(13-15-30-2)21-20(18-6-4-5-7-19(18)31-3)22(27)26(23(21)28)17-10-8-16(24)9-11-17/h4-11H,12-15H2,1-3H3. The van der Waals surface area contributed by atoms with Crippen LogP contribution in [0.15, 0.2) is 54.2 Å². The molecule has 164 valence electrons. The summed E-state index contributed by atoms with van der Waals surface area (Å²) in [5.74, 6) is -0.334. The summed E-state index contributed by atoms with van der Waals surface area (Å²) in [5, 5.41) is 0.516. The summed E-state index contributed by atoms with van der Waals surface area (Å²) in [6.45, 7) is 1.60. The molecule has 0 atom stereocenters. The SMILES string of the molecule is COCCN(CCOC)C1=C(c2ccccc2OC)C(=O)N(c2ccc(Cl)cc2)C1=O. The highest BCUT2D eigenvalue weighted by atomic mass is 35.5. The van der Waals surface area contributed by atoms with Crippen LogP contribution in [0, 0.1) is 0 Å². The Bertz CT molecular complexity index is 966. The zero-order valence-electron chi connectivity index (χ0n) is 17.8. The second kappa shape index (κ2) is 10.4. The maximum absolute atomic E-state index is 13.6. The number of benzene rings is 2. The quantitative estimate of drug-likeness (QED) is 0.524. The number of halogens is 1. The number of imide groups is 1. The van der Waals surface area contributed by atoms with Gasteiger partial charge in [-0.2, -0.15) is 0 Å². The van der Waals surface area contributed by atoms with Crippen molar-refractivity contribution in [2.45, 2.75) is 0 Å². The van der Waals surface area contributed by atoms with Gasteiger partial charge in [-0.25, -0.2) is 4.90 Å². The summed E-state index contributed by atoms with van der Waals surface area (Å²) in [6, 6.07) is 13.7. The molecule has 0 aromatic heterocycles. The lowest BCUT2D eigenvalue weighted by Gasteiger charge is -2.25. The van der Waals surface area contributed by atoms with E-state index in [-0.39, 0.29) is 5.57 Å². The van der Waals surface area contributed by atoms with E-state index in [9.17, 15) is 9.59 Å². The zero-order valence-corrected chi connectivity index (χ0v) is 18.5. The van der Waals surface area contributed by atoms with Crippen LogP contribution in [0.4, 0.5) is 5.69 Å². The minimum atomic E-state index is -0.424. The number of methoxy groups -OCH3 is 3. The minimum absolute atomic E-state index is 0.282. The maximum Gasteiger partial charge on any atom is 0.282 e. The van der Waals surface area contributed by atoms with Crippen LogP contribution in [-0.4, -0.2) is 64.3 Å². The van der Waals surface area contributed by atoms with Crippen LogP contribution in [0.1, 0.15) is 5.56 Å². The first-order chi connectivity index (χ1) is 15.0. The van der Waals surface area contributed by atoms with E-state index in [1.165, 1.54) is 12.0 Å². The van der Waals surface area contributed by atoms with Crippen molar-refractivity contribution in [3.63, 3.8) is 0 Å². The maximum atomic E-state index is 13.6. The number of rotatable bonds is 10. The molecule has 0 bridgehead atoms. The molecule has 0 saturated carbocycles. The fourth-order valence-corrected chi connectivity index (χ4v) is 3.59. The molecule has 0 saturated heterocycles. The third-order valence-electron chi connectivity index (χ3n) is 4.97. The number of hydrogen-bond donors (Lipinski definition) is 0. The van der Waals surface area contributed by atoms with Crippen LogP contribution >= 0.6 is 11.6 Å². The average molecular weight is 445 g/mol. The second-order valence-electron chi connectivity index (χ2n) is 6.82. The Balaban J connectivity index is 2.16. The third kappa shape index (κ3) is 4.74. The van der Waals surface area contributed by atoms with Gasteiger partial charge in [0, 0.05) is 37.9 Å². The lowest BCUT2D eigenvalue weighted by Crippen LogP contribution is -2.37. The number of amides is 2. The Labute approximate surface area is 186 Å². The van der Waals surface area contributed by atoms with Crippen LogP contribution in [-0.2, 0) is 19.1 Å². The molecule has 0 N–H and O–H groups in total. The Kier molecular flexibility index (Phi) is 7.68. The molecule has 0 fully saturated rings. The number of carbonyl (C=O) groups is 2. The molecule has 1 aliphatic heterocycles. The number of hydrogen-bond acceptors (Lipinski definition) is 6. The van der Waals surface area contributed by atoms with E-state index < -0.39 is 11.8 Å². The fraction of sp³-hybridized carbons (Fsp3) is 0.304. The number of nitrogens with zero attached hydrogens (tertiary/aromatic N) is 2. The van der Waals surface area contributed by atoms with Crippen LogP contribution < -0.4 is 9.64 Å². The normalized spacial score (nSPS) is 13.9. The van der Waals surface area contributed by atoms with Crippen molar-refractivity contribution < 1.29 is 23.8 Å². The van der Waals surface area contributed by atoms with E-state index in [1.807, 2.05) is 11.0 Å². The Morgan fingerprint density at radius 1 is 0.871 bits per heavy atom. The number of anilines is 1. The predicted molar refractivity (Wildman–Crippen MR) is 119 cm³/mol. The summed E-state index contributed by atoms with van der Waals surface area (Å²) < 4.78 is 15.9. The van der Waals surface area contributed by atoms with Crippen molar-refractivity contribution in [2.24, 2.45) is 0 Å². The monoisotopic (exact) mass is 444 g/mol. The Morgan fingerprint density at radius 3 is 2.06 bits per heavy atom. The molecule has 3 rings (SSSR count). The molecule has 1 aliphatic rings. The molecule has 2 amide bonds. The number of para-hydroxylation sites is 1. The van der Waals surface area contributed by atoms with Gasteiger partial charge in [-0.05, 0) is 30.3 Å². The van der Waals surface area contributed by atoms with Crippen molar-refractivity contribution in [1.29, 1.82) is 0 Å². The first kappa shape index (κ1) is 22.8. The summed E-state index contributed by atoms with van der Waals surface area (Å²) in [4.78, 5) is 30.2. The van der Waals surface area contributed by atoms with Gasteiger partial charge in [0.25, 0.3) is 11.8 Å². The van der Waals surface area contributed by atoms with Crippen LogP contribution in [0.3, 0.4) is 0 Å². The molecule has 1 heterocycles. The van der Waals surface area contributed by atoms with E-state index in [4.69, 9.17) is 25.8 Å². The van der Waals surface area contributed by atoms with E-state index in [0.29, 0.717) is 54.0 Å². The topological polar surface area (TPSA) is 68.3 Å². The number of carbonyl (C=O) groups excluding carboxylic acids is 2. The first-order valence-electron chi connectivity index (χ1n) is 9.78. The van der Waals surface area contributed by atoms with Gasteiger partial charge in [-0.15, -0.1) is 0 Å². The van der Waals surface area contributed by atoms with Gasteiger partial charge in [-0.3, -0.25) is 9.59 Å². The van der Waals surface area contributed by atoms with Crippen molar-refractivity contribution in [3.05, 3.63) is 64.8 Å². The highest BCUT2D eigenvalue weighted by Crippen LogP contribution is 2.38. The third-order valence-corrected chi connectivity index (χ3v) is 5.22. The van der Waals surface area contributed by atoms with Crippen LogP contribution in [0.5, 0.6) is 5.75 Å². The highest BCUT2D eigenvalue weighted by Gasteiger charge is 2.43. The van der Waals surface area contributed by atoms with Gasteiger partial charge in [0.1, 0.15) is 11.4 Å². The van der Waals surface area contributed by atoms with E-state index in [1.54, 1.807) is 56.7 Å². The van der Waals surface area contributed by atoms with Gasteiger partial charge in [0.2, 0.25) is 0 Å². The lowest BCUT2D eigenvalue weighted by molar-refractivity contribution is -0.120. The second-order valence-corrected chi connectivity index (χ2v) is 7.26. The largest absolute Gasteiger partial charge is 0.496 e. The molecular formula is C23H25ClN2O5. The molecular weight excluding hydrogens is 420 g/mol. The lowest BCUT2D eigenvalue weighted by atomic mass is 10.0. The van der Waals surface area contributed by atoms with Gasteiger partial charge >= 0.3 is 0 Å². The molecule has 2 aromatic carbocycles. The smallest absolute Gasteiger partial charge is 0.282 e. The predicted octanol–water partition coefficient (Wildman–Crippen LogP) is 3.23. The minimum Gasteiger partial charge on any atom is -0.496 e. The number of ether oxygens (including phenoxy) is 3.